The Kier molecular flexibility index (Phi) is 9.03. The average molecular weight is 546 g/mol. The maximum absolute atomic E-state index is 13.7. The summed E-state index contributed by atoms with van der Waals surface area (Å²) in [6.45, 7) is 7.01. The molecule has 4 aromatic rings. The van der Waals surface area contributed by atoms with Gasteiger partial charge in [0.25, 0.3) is 11.5 Å². The molecule has 9 heteroatoms. The summed E-state index contributed by atoms with van der Waals surface area (Å²) < 4.78 is 12.2. The molecule has 0 aliphatic carbocycles. The molecule has 0 bridgehead atoms. The van der Waals surface area contributed by atoms with E-state index in [-0.39, 0.29) is 23.0 Å². The number of nitrogens with one attached hydrogen (secondary N) is 1. The number of rotatable bonds is 11. The molecule has 39 heavy (non-hydrogen) atoms. The van der Waals surface area contributed by atoms with Crippen molar-refractivity contribution in [2.75, 3.05) is 26.0 Å². The van der Waals surface area contributed by atoms with Gasteiger partial charge in [0.2, 0.25) is 0 Å². The average Bonchev–Trinajstić information content (AvgIpc) is 2.95. The summed E-state index contributed by atoms with van der Waals surface area (Å²) in [6, 6.07) is 18.9. The van der Waals surface area contributed by atoms with Gasteiger partial charge in [-0.2, -0.15) is 0 Å². The number of methoxy groups -OCH3 is 1. The highest BCUT2D eigenvalue weighted by atomic mass is 32.2. The number of nitrogens with zero attached hydrogens (tertiary/aromatic N) is 2. The van der Waals surface area contributed by atoms with Gasteiger partial charge in [-0.25, -0.2) is 4.98 Å². The first kappa shape index (κ1) is 27.9. The summed E-state index contributed by atoms with van der Waals surface area (Å²) in [7, 11) is 1.57. The van der Waals surface area contributed by atoms with Crippen LogP contribution in [0, 0.1) is 5.92 Å². The lowest BCUT2D eigenvalue weighted by Crippen LogP contribution is -2.27. The second-order valence-electron chi connectivity index (χ2n) is 9.24. The number of amides is 1. The second kappa shape index (κ2) is 12.6. The van der Waals surface area contributed by atoms with Crippen LogP contribution in [0.3, 0.4) is 0 Å². The minimum Gasteiger partial charge on any atom is -0.497 e. The highest BCUT2D eigenvalue weighted by molar-refractivity contribution is 7.99. The van der Waals surface area contributed by atoms with E-state index in [2.05, 4.69) is 5.32 Å². The molecule has 0 saturated heterocycles. The molecule has 0 radical (unpaired) electrons. The fourth-order valence-electron chi connectivity index (χ4n) is 3.88. The third kappa shape index (κ3) is 6.67. The van der Waals surface area contributed by atoms with Crippen molar-refractivity contribution in [1.29, 1.82) is 0 Å². The zero-order chi connectivity index (χ0) is 27.9. The van der Waals surface area contributed by atoms with Crippen molar-refractivity contribution in [3.8, 4) is 17.2 Å². The third-order valence-electron chi connectivity index (χ3n) is 5.92. The van der Waals surface area contributed by atoms with Crippen LogP contribution in [0.1, 0.15) is 41.5 Å². The molecular formula is C30H31N3O5S. The van der Waals surface area contributed by atoms with Crippen LogP contribution in [0.5, 0.6) is 11.5 Å². The van der Waals surface area contributed by atoms with Crippen molar-refractivity contribution >= 4 is 34.4 Å². The molecule has 0 fully saturated rings. The number of ether oxygens (including phenoxy) is 2. The van der Waals surface area contributed by atoms with E-state index in [1.54, 1.807) is 73.8 Å². The molecule has 1 amide bonds. The van der Waals surface area contributed by atoms with Crippen LogP contribution in [0.25, 0.3) is 16.6 Å². The molecule has 0 unspecified atom stereocenters. The molecular weight excluding hydrogens is 514 g/mol. The van der Waals surface area contributed by atoms with Crippen LogP contribution in [0.4, 0.5) is 0 Å². The maximum Gasteiger partial charge on any atom is 0.266 e. The third-order valence-corrected chi connectivity index (χ3v) is 6.86. The smallest absolute Gasteiger partial charge is 0.266 e. The SMILES string of the molecule is CCOc1ccc(C(=O)CSc2nc3cc(C(=O)NCC(C)C)ccc3c(=O)n2-c2ccc(OC)cc2)cc1. The summed E-state index contributed by atoms with van der Waals surface area (Å²) in [5.74, 6) is 1.38. The highest BCUT2D eigenvalue weighted by Gasteiger charge is 2.17. The van der Waals surface area contributed by atoms with Crippen LogP contribution in [0.2, 0.25) is 0 Å². The maximum atomic E-state index is 13.7. The summed E-state index contributed by atoms with van der Waals surface area (Å²) in [4.78, 5) is 44.1. The summed E-state index contributed by atoms with van der Waals surface area (Å²) >= 11 is 1.17. The Morgan fingerprint density at radius 1 is 0.974 bits per heavy atom. The van der Waals surface area contributed by atoms with E-state index >= 15 is 0 Å². The first-order chi connectivity index (χ1) is 18.8. The molecule has 8 nitrogen and oxygen atoms in total. The van der Waals surface area contributed by atoms with E-state index in [4.69, 9.17) is 14.5 Å². The molecule has 0 atom stereocenters. The lowest BCUT2D eigenvalue weighted by Gasteiger charge is -2.14. The number of carbonyl (C=O) groups excluding carboxylic acids is 2. The van der Waals surface area contributed by atoms with Crippen LogP contribution in [0.15, 0.2) is 76.7 Å². The van der Waals surface area contributed by atoms with Crippen LogP contribution < -0.4 is 20.3 Å². The zero-order valence-corrected chi connectivity index (χ0v) is 23.2. The van der Waals surface area contributed by atoms with Crippen molar-refractivity contribution in [3.05, 3.63) is 88.2 Å². The molecule has 0 aliphatic rings. The summed E-state index contributed by atoms with van der Waals surface area (Å²) in [5.41, 5.74) is 1.63. The highest BCUT2D eigenvalue weighted by Crippen LogP contribution is 2.25. The molecule has 1 heterocycles. The number of fused-ring (bicyclic) bond motifs is 1. The Hall–Kier alpha value is -4.11. The van der Waals surface area contributed by atoms with Crippen LogP contribution >= 0.6 is 11.8 Å². The summed E-state index contributed by atoms with van der Waals surface area (Å²) in [6.07, 6.45) is 0. The molecule has 1 aromatic heterocycles. The molecule has 0 aliphatic heterocycles. The standard InChI is InChI=1S/C30H31N3O5S/c1-5-38-24-11-6-20(7-12-24)27(34)18-39-30-32-26-16-21(28(35)31-17-19(2)3)8-15-25(26)29(36)33(30)22-9-13-23(37-4)14-10-22/h6-16,19H,5,17-18H2,1-4H3,(H,31,35). The van der Waals surface area contributed by atoms with Crippen molar-refractivity contribution in [2.24, 2.45) is 5.92 Å². The number of carbonyl (C=O) groups is 2. The lowest BCUT2D eigenvalue weighted by molar-refractivity contribution is 0.0948. The van der Waals surface area contributed by atoms with Gasteiger partial charge in [0, 0.05) is 17.7 Å². The van der Waals surface area contributed by atoms with Gasteiger partial charge in [-0.05, 0) is 79.6 Å². The first-order valence-electron chi connectivity index (χ1n) is 12.7. The largest absolute Gasteiger partial charge is 0.497 e. The number of hydrogen-bond acceptors (Lipinski definition) is 7. The Bertz CT molecular complexity index is 1530. The van der Waals surface area contributed by atoms with E-state index < -0.39 is 0 Å². The topological polar surface area (TPSA) is 99.5 Å². The van der Waals surface area contributed by atoms with Gasteiger partial charge in [0.1, 0.15) is 11.5 Å². The predicted octanol–water partition coefficient (Wildman–Crippen LogP) is 5.15. The van der Waals surface area contributed by atoms with Crippen molar-refractivity contribution < 1.29 is 19.1 Å². The van der Waals surface area contributed by atoms with Gasteiger partial charge in [0.15, 0.2) is 10.9 Å². The number of thioether (sulfide) groups is 1. The van der Waals surface area contributed by atoms with E-state index in [0.29, 0.717) is 63.4 Å². The molecule has 4 rings (SSSR count). The quantitative estimate of drug-likeness (QED) is 0.158. The Labute approximate surface area is 231 Å². The van der Waals surface area contributed by atoms with Crippen molar-refractivity contribution in [3.63, 3.8) is 0 Å². The molecule has 202 valence electrons. The minimum atomic E-state index is -0.296. The van der Waals surface area contributed by atoms with E-state index in [1.807, 2.05) is 20.8 Å². The fraction of sp³-hybridized carbons (Fsp3) is 0.267. The number of aromatic nitrogens is 2. The number of ketones is 1. The van der Waals surface area contributed by atoms with Gasteiger partial charge in [0.05, 0.1) is 36.1 Å². The van der Waals surface area contributed by atoms with Gasteiger partial charge in [-0.1, -0.05) is 25.6 Å². The fourth-order valence-corrected chi connectivity index (χ4v) is 4.79. The first-order valence-corrected chi connectivity index (χ1v) is 13.7. The second-order valence-corrected chi connectivity index (χ2v) is 10.2. The normalized spacial score (nSPS) is 11.0. The van der Waals surface area contributed by atoms with Crippen LogP contribution in [-0.4, -0.2) is 47.3 Å². The summed E-state index contributed by atoms with van der Waals surface area (Å²) in [5, 5.41) is 3.60. The van der Waals surface area contributed by atoms with E-state index in [9.17, 15) is 14.4 Å². The van der Waals surface area contributed by atoms with Gasteiger partial charge in [-0.15, -0.1) is 0 Å². The minimum absolute atomic E-state index is 0.0661. The lowest BCUT2D eigenvalue weighted by atomic mass is 10.1. The Balaban J connectivity index is 1.71. The molecule has 3 aromatic carbocycles. The zero-order valence-electron chi connectivity index (χ0n) is 22.4. The predicted molar refractivity (Wildman–Crippen MR) is 154 cm³/mol. The number of hydrogen-bond donors (Lipinski definition) is 1. The van der Waals surface area contributed by atoms with Gasteiger partial charge < -0.3 is 14.8 Å². The molecule has 1 N–H and O–H groups in total. The monoisotopic (exact) mass is 545 g/mol. The van der Waals surface area contributed by atoms with E-state index in [1.165, 1.54) is 16.3 Å². The molecule has 0 saturated carbocycles. The van der Waals surface area contributed by atoms with Gasteiger partial charge in [-0.3, -0.25) is 19.0 Å². The number of Topliss-reactive ketones (excluding diaryl/α,β-unsaturated/α-hetero) is 1. The van der Waals surface area contributed by atoms with Crippen LogP contribution in [-0.2, 0) is 0 Å². The Morgan fingerprint density at radius 2 is 1.64 bits per heavy atom. The van der Waals surface area contributed by atoms with Crippen molar-refractivity contribution in [1.82, 2.24) is 14.9 Å². The van der Waals surface area contributed by atoms with Crippen molar-refractivity contribution in [2.45, 2.75) is 25.9 Å². The Morgan fingerprint density at radius 3 is 2.28 bits per heavy atom. The molecule has 0 spiro atoms. The van der Waals surface area contributed by atoms with Gasteiger partial charge >= 0.3 is 0 Å². The number of benzene rings is 3. The van der Waals surface area contributed by atoms with E-state index in [0.717, 1.165) is 0 Å².